The highest BCUT2D eigenvalue weighted by Crippen LogP contribution is 2.29. The van der Waals surface area contributed by atoms with Crippen LogP contribution in [0.25, 0.3) is 0 Å². The molecule has 2 N–H and O–H groups in total. The maximum Gasteiger partial charge on any atom is 0.143 e. The van der Waals surface area contributed by atoms with Gasteiger partial charge in [0.2, 0.25) is 0 Å². The topological polar surface area (TPSA) is 56.0 Å². The van der Waals surface area contributed by atoms with E-state index in [1.807, 2.05) is 0 Å². The minimum atomic E-state index is -0.618. The number of nitrogens with one attached hydrogen (secondary N) is 1. The summed E-state index contributed by atoms with van der Waals surface area (Å²) in [6.07, 6.45) is 0. The van der Waals surface area contributed by atoms with Gasteiger partial charge >= 0.3 is 0 Å². The summed E-state index contributed by atoms with van der Waals surface area (Å²) in [5, 5.41) is 21.6. The van der Waals surface area contributed by atoms with E-state index >= 15 is 0 Å². The average Bonchev–Trinajstić information content (AvgIpc) is 2.38. The average molecular weight is 274 g/mol. The first-order chi connectivity index (χ1) is 9.52. The predicted molar refractivity (Wildman–Crippen MR) is 71.2 cm³/mol. The van der Waals surface area contributed by atoms with E-state index < -0.39 is 17.7 Å². The number of hydrogen-bond acceptors (Lipinski definition) is 3. The summed E-state index contributed by atoms with van der Waals surface area (Å²) >= 11 is 0. The standard InChI is InChI=1S/C15H12F2N2O/c1-9(11-6-5-10(16)7-15(11)20)19-14-4-2-3-13(17)12(14)8-18/h2-7,9,19-20H,1H3. The number of halogens is 2. The molecule has 1 unspecified atom stereocenters. The van der Waals surface area contributed by atoms with Crippen LogP contribution in [0.5, 0.6) is 5.75 Å². The Bertz CT molecular complexity index is 680. The van der Waals surface area contributed by atoms with E-state index in [2.05, 4.69) is 5.32 Å². The number of phenolic OH excluding ortho intramolecular Hbond substituents is 1. The molecule has 2 aromatic carbocycles. The molecule has 0 spiro atoms. The fourth-order valence-corrected chi connectivity index (χ4v) is 1.95. The molecular weight excluding hydrogens is 262 g/mol. The second kappa shape index (κ2) is 5.57. The van der Waals surface area contributed by atoms with Crippen molar-refractivity contribution in [1.29, 1.82) is 5.26 Å². The molecule has 0 aliphatic rings. The van der Waals surface area contributed by atoms with Gasteiger partial charge in [0.05, 0.1) is 11.7 Å². The van der Waals surface area contributed by atoms with Crippen LogP contribution in [0.4, 0.5) is 14.5 Å². The van der Waals surface area contributed by atoms with Gasteiger partial charge in [-0.1, -0.05) is 12.1 Å². The molecule has 2 aromatic rings. The lowest BCUT2D eigenvalue weighted by Crippen LogP contribution is -2.09. The second-order valence-electron chi connectivity index (χ2n) is 4.34. The van der Waals surface area contributed by atoms with Crippen LogP contribution in [0, 0.1) is 23.0 Å². The molecule has 0 bridgehead atoms. The third kappa shape index (κ3) is 2.69. The minimum absolute atomic E-state index is 0.0963. The number of rotatable bonds is 3. The molecule has 0 aliphatic heterocycles. The fraction of sp³-hybridized carbons (Fsp3) is 0.133. The molecule has 0 amide bonds. The summed E-state index contributed by atoms with van der Waals surface area (Å²) in [5.41, 5.74) is 0.684. The first-order valence-corrected chi connectivity index (χ1v) is 5.96. The largest absolute Gasteiger partial charge is 0.507 e. The number of hydrogen-bond donors (Lipinski definition) is 2. The molecule has 0 saturated heterocycles. The van der Waals surface area contributed by atoms with E-state index in [1.54, 1.807) is 19.1 Å². The lowest BCUT2D eigenvalue weighted by atomic mass is 10.1. The van der Waals surface area contributed by atoms with Gasteiger partial charge in [-0.25, -0.2) is 8.78 Å². The van der Waals surface area contributed by atoms with Crippen LogP contribution in [0.3, 0.4) is 0 Å². The highest BCUT2D eigenvalue weighted by Gasteiger charge is 2.14. The fourth-order valence-electron chi connectivity index (χ4n) is 1.95. The third-order valence-corrected chi connectivity index (χ3v) is 2.96. The first kappa shape index (κ1) is 13.8. The van der Waals surface area contributed by atoms with Gasteiger partial charge in [0, 0.05) is 11.6 Å². The summed E-state index contributed by atoms with van der Waals surface area (Å²) in [4.78, 5) is 0. The van der Waals surface area contributed by atoms with Crippen LogP contribution in [-0.4, -0.2) is 5.11 Å². The van der Waals surface area contributed by atoms with Crippen LogP contribution >= 0.6 is 0 Å². The highest BCUT2D eigenvalue weighted by atomic mass is 19.1. The predicted octanol–water partition coefficient (Wildman–Crippen LogP) is 3.72. The van der Waals surface area contributed by atoms with E-state index in [0.717, 1.165) is 6.07 Å². The zero-order chi connectivity index (χ0) is 14.7. The second-order valence-corrected chi connectivity index (χ2v) is 4.34. The number of nitrogens with zero attached hydrogens (tertiary/aromatic N) is 1. The smallest absolute Gasteiger partial charge is 0.143 e. The van der Waals surface area contributed by atoms with Crippen LogP contribution in [0.2, 0.25) is 0 Å². The molecule has 0 aliphatic carbocycles. The molecule has 5 heteroatoms. The molecule has 0 aromatic heterocycles. The van der Waals surface area contributed by atoms with Crippen molar-refractivity contribution in [2.75, 3.05) is 5.32 Å². The molecule has 3 nitrogen and oxygen atoms in total. The lowest BCUT2D eigenvalue weighted by Gasteiger charge is -2.18. The summed E-state index contributed by atoms with van der Waals surface area (Å²) < 4.78 is 26.4. The molecule has 0 heterocycles. The van der Waals surface area contributed by atoms with Crippen LogP contribution < -0.4 is 5.32 Å². The minimum Gasteiger partial charge on any atom is -0.507 e. The van der Waals surface area contributed by atoms with Gasteiger partial charge in [-0.2, -0.15) is 5.26 Å². The Balaban J connectivity index is 2.31. The summed E-state index contributed by atoms with van der Waals surface area (Å²) in [7, 11) is 0. The van der Waals surface area contributed by atoms with Crippen molar-refractivity contribution in [2.24, 2.45) is 0 Å². The summed E-state index contributed by atoms with van der Waals surface area (Å²) in [6, 6.07) is 9.29. The van der Waals surface area contributed by atoms with Crippen LogP contribution in [0.1, 0.15) is 24.1 Å². The van der Waals surface area contributed by atoms with Gasteiger partial charge in [-0.3, -0.25) is 0 Å². The van der Waals surface area contributed by atoms with Crippen molar-refractivity contribution in [1.82, 2.24) is 0 Å². The Morgan fingerprint density at radius 3 is 2.65 bits per heavy atom. The van der Waals surface area contributed by atoms with Crippen molar-refractivity contribution in [2.45, 2.75) is 13.0 Å². The van der Waals surface area contributed by atoms with E-state index in [0.29, 0.717) is 11.3 Å². The lowest BCUT2D eigenvalue weighted by molar-refractivity contribution is 0.459. The SMILES string of the molecule is CC(Nc1cccc(F)c1C#N)c1ccc(F)cc1O. The zero-order valence-electron chi connectivity index (χ0n) is 10.7. The maximum absolute atomic E-state index is 13.5. The number of anilines is 1. The normalized spacial score (nSPS) is 11.7. The molecule has 20 heavy (non-hydrogen) atoms. The number of aromatic hydroxyl groups is 1. The molecule has 0 saturated carbocycles. The number of benzene rings is 2. The summed E-state index contributed by atoms with van der Waals surface area (Å²) in [5.74, 6) is -1.35. The zero-order valence-corrected chi connectivity index (χ0v) is 10.7. The number of phenols is 1. The Kier molecular flexibility index (Phi) is 3.85. The highest BCUT2D eigenvalue weighted by molar-refractivity contribution is 5.59. The van der Waals surface area contributed by atoms with Gasteiger partial charge in [0.1, 0.15) is 29.0 Å². The van der Waals surface area contributed by atoms with Crippen LogP contribution in [0.15, 0.2) is 36.4 Å². The molecule has 102 valence electrons. The Morgan fingerprint density at radius 2 is 2.00 bits per heavy atom. The molecule has 1 atom stereocenters. The van der Waals surface area contributed by atoms with Gasteiger partial charge in [0.25, 0.3) is 0 Å². The quantitative estimate of drug-likeness (QED) is 0.897. The van der Waals surface area contributed by atoms with Crippen molar-refractivity contribution < 1.29 is 13.9 Å². The van der Waals surface area contributed by atoms with E-state index in [4.69, 9.17) is 5.26 Å². The van der Waals surface area contributed by atoms with Crippen molar-refractivity contribution in [3.05, 3.63) is 59.2 Å². The van der Waals surface area contributed by atoms with E-state index in [-0.39, 0.29) is 11.3 Å². The summed E-state index contributed by atoms with van der Waals surface area (Å²) in [6.45, 7) is 1.72. The van der Waals surface area contributed by atoms with Gasteiger partial charge in [-0.15, -0.1) is 0 Å². The molecule has 0 radical (unpaired) electrons. The Hall–Kier alpha value is -2.61. The molecule has 2 rings (SSSR count). The molecule has 0 fully saturated rings. The monoisotopic (exact) mass is 274 g/mol. The third-order valence-electron chi connectivity index (χ3n) is 2.96. The number of nitriles is 1. The van der Waals surface area contributed by atoms with Gasteiger partial charge in [0.15, 0.2) is 0 Å². The van der Waals surface area contributed by atoms with Crippen molar-refractivity contribution in [3.8, 4) is 11.8 Å². The maximum atomic E-state index is 13.5. The van der Waals surface area contributed by atoms with Crippen LogP contribution in [-0.2, 0) is 0 Å². The van der Waals surface area contributed by atoms with Gasteiger partial charge in [-0.05, 0) is 25.1 Å². The van der Waals surface area contributed by atoms with E-state index in [1.165, 1.54) is 24.3 Å². The van der Waals surface area contributed by atoms with E-state index in [9.17, 15) is 13.9 Å². The molecular formula is C15H12F2N2O. The van der Waals surface area contributed by atoms with Crippen molar-refractivity contribution >= 4 is 5.69 Å². The Morgan fingerprint density at radius 1 is 1.25 bits per heavy atom. The van der Waals surface area contributed by atoms with Crippen molar-refractivity contribution in [3.63, 3.8) is 0 Å². The van der Waals surface area contributed by atoms with Gasteiger partial charge < -0.3 is 10.4 Å². The Labute approximate surface area is 115 Å². The first-order valence-electron chi connectivity index (χ1n) is 5.96.